The maximum absolute atomic E-state index is 14.9. The van der Waals surface area contributed by atoms with Gasteiger partial charge in [-0.2, -0.15) is 0 Å². The van der Waals surface area contributed by atoms with Gasteiger partial charge in [-0.15, -0.1) is 0 Å². The Morgan fingerprint density at radius 1 is 1.04 bits per heavy atom. The van der Waals surface area contributed by atoms with Crippen molar-refractivity contribution in [1.29, 1.82) is 0 Å². The van der Waals surface area contributed by atoms with Gasteiger partial charge in [-0.1, -0.05) is 19.1 Å². The van der Waals surface area contributed by atoms with Crippen LogP contribution in [0.5, 0.6) is 0 Å². The van der Waals surface area contributed by atoms with Gasteiger partial charge in [0.15, 0.2) is 5.78 Å². The number of rotatable bonds is 8. The molecule has 5 aliphatic carbocycles. The summed E-state index contributed by atoms with van der Waals surface area (Å²) >= 11 is 0. The Labute approximate surface area is 268 Å². The van der Waals surface area contributed by atoms with Crippen LogP contribution in [0.15, 0.2) is 24.3 Å². The Morgan fingerprint density at radius 2 is 1.78 bits per heavy atom. The summed E-state index contributed by atoms with van der Waals surface area (Å²) in [6.07, 6.45) is 1.29. The third kappa shape index (κ3) is 3.46. The van der Waals surface area contributed by atoms with E-state index in [9.17, 15) is 24.3 Å². The molecule has 1 N–H and O–H groups in total. The average Bonchev–Trinajstić information content (AvgIpc) is 3.64. The molecule has 2 aliphatic heterocycles. The molecule has 7 fully saturated rings. The largest absolute Gasteiger partial charge is 0.461 e. The quantitative estimate of drug-likeness (QED) is 0.335. The minimum Gasteiger partial charge on any atom is -0.461 e. The first-order valence-electron chi connectivity index (χ1n) is 16.8. The van der Waals surface area contributed by atoms with Crippen molar-refractivity contribution in [2.24, 2.45) is 39.9 Å². The minimum atomic E-state index is -1.20. The van der Waals surface area contributed by atoms with Gasteiger partial charge in [0, 0.05) is 74.8 Å². The molecule has 12 atom stereocenters. The van der Waals surface area contributed by atoms with Crippen molar-refractivity contribution >= 4 is 29.3 Å². The van der Waals surface area contributed by atoms with Crippen LogP contribution < -0.4 is 4.90 Å². The minimum absolute atomic E-state index is 0.0190. The molecule has 248 valence electrons. The molecule has 46 heavy (non-hydrogen) atoms. The first kappa shape index (κ1) is 30.6. The fraction of sp³-hybridized carbons (Fsp3) is 0.714. The highest BCUT2D eigenvalue weighted by Gasteiger charge is 2.88. The van der Waals surface area contributed by atoms with Crippen molar-refractivity contribution in [2.45, 2.75) is 75.9 Å². The van der Waals surface area contributed by atoms with Gasteiger partial charge in [0.25, 0.3) is 0 Å². The molecule has 0 radical (unpaired) electrons. The molecule has 2 saturated heterocycles. The van der Waals surface area contributed by atoms with Crippen LogP contribution in [0, 0.1) is 39.9 Å². The van der Waals surface area contributed by atoms with E-state index in [1.54, 1.807) is 45.6 Å². The number of ketones is 1. The van der Waals surface area contributed by atoms with E-state index in [1.807, 2.05) is 0 Å². The molecule has 1 aromatic rings. The van der Waals surface area contributed by atoms with Crippen LogP contribution in [0.25, 0.3) is 0 Å². The molecule has 7 bridgehead atoms. The standard InChI is InChI=1S/C35H44N2O9/c1-5-36-16-33(17-46-31(42)18-8-6-7-9-21(18)37-24(38)10-11-25(37)39)13-12-23(44-3)35-20-14-19-22(43-2)15-34(32(35)36,26(20)28(19)45-4)30(41)27(40)29(33)35/h6-9,19-20,22-23,26,28-30,32,41H,5,10-17H2,1-4H3. The number of piperidine rings is 1. The number of likely N-dealkylation sites (tertiary alicyclic amines) is 1. The number of nitrogens with zero attached hydrogens (tertiary/aromatic N) is 2. The van der Waals surface area contributed by atoms with Crippen LogP contribution in [0.3, 0.4) is 0 Å². The van der Waals surface area contributed by atoms with Gasteiger partial charge in [0.2, 0.25) is 11.8 Å². The van der Waals surface area contributed by atoms with Crippen LogP contribution in [0.4, 0.5) is 5.69 Å². The number of anilines is 1. The number of carbonyl (C=O) groups excluding carboxylic acids is 4. The molecule has 7 aliphatic rings. The van der Waals surface area contributed by atoms with E-state index in [0.29, 0.717) is 32.4 Å². The van der Waals surface area contributed by atoms with Crippen LogP contribution in [0.1, 0.15) is 55.8 Å². The Kier molecular flexibility index (Phi) is 6.92. The summed E-state index contributed by atoms with van der Waals surface area (Å²) in [7, 11) is 5.20. The third-order valence-electron chi connectivity index (χ3n) is 13.7. The summed E-state index contributed by atoms with van der Waals surface area (Å²) in [6, 6.07) is 6.41. The number of hydrogen-bond donors (Lipinski definition) is 1. The molecular formula is C35H44N2O9. The van der Waals surface area contributed by atoms with Gasteiger partial charge in [-0.3, -0.25) is 19.3 Å². The number of aliphatic hydroxyl groups is 1. The van der Waals surface area contributed by atoms with Gasteiger partial charge in [0.05, 0.1) is 36.2 Å². The number of hydrogen-bond acceptors (Lipinski definition) is 10. The highest BCUT2D eigenvalue weighted by molar-refractivity contribution is 6.21. The molecule has 0 aromatic heterocycles. The monoisotopic (exact) mass is 636 g/mol. The number of benzene rings is 1. The maximum atomic E-state index is 14.9. The highest BCUT2D eigenvalue weighted by Crippen LogP contribution is 2.81. The Balaban J connectivity index is 1.21. The second kappa shape index (κ2) is 10.4. The number of methoxy groups -OCH3 is 3. The van der Waals surface area contributed by atoms with Crippen molar-refractivity contribution in [2.75, 3.05) is 45.9 Å². The lowest BCUT2D eigenvalue weighted by atomic mass is 9.40. The number of Topliss-reactive ketones (excluding diaryl/α,β-unsaturated/α-hetero) is 1. The van der Waals surface area contributed by atoms with Gasteiger partial charge >= 0.3 is 5.97 Å². The molecular weight excluding hydrogens is 592 g/mol. The third-order valence-corrected chi connectivity index (χ3v) is 13.7. The summed E-state index contributed by atoms with van der Waals surface area (Å²) < 4.78 is 24.8. The van der Waals surface area contributed by atoms with E-state index in [0.717, 1.165) is 11.3 Å². The normalized spacial score (nSPS) is 45.5. The second-order valence-electron chi connectivity index (χ2n) is 14.9. The van der Waals surface area contributed by atoms with Crippen LogP contribution >= 0.6 is 0 Å². The van der Waals surface area contributed by atoms with E-state index in [-0.39, 0.29) is 90.4 Å². The summed E-state index contributed by atoms with van der Waals surface area (Å²) in [4.78, 5) is 57.4. The lowest BCUT2D eigenvalue weighted by Crippen LogP contribution is -2.81. The maximum Gasteiger partial charge on any atom is 0.340 e. The molecule has 5 saturated carbocycles. The van der Waals surface area contributed by atoms with Crippen LogP contribution in [0.2, 0.25) is 0 Å². The van der Waals surface area contributed by atoms with Crippen LogP contribution in [-0.4, -0.2) is 105 Å². The van der Waals surface area contributed by atoms with Crippen molar-refractivity contribution in [1.82, 2.24) is 4.90 Å². The van der Waals surface area contributed by atoms with Gasteiger partial charge in [0.1, 0.15) is 6.10 Å². The molecule has 2 spiro atoms. The van der Waals surface area contributed by atoms with E-state index in [2.05, 4.69) is 11.8 Å². The molecule has 2 heterocycles. The number of carbonyl (C=O) groups is 4. The van der Waals surface area contributed by atoms with Gasteiger partial charge < -0.3 is 24.1 Å². The Bertz CT molecular complexity index is 1480. The molecule has 12 unspecified atom stereocenters. The lowest BCUT2D eigenvalue weighted by Gasteiger charge is -2.71. The number of esters is 1. The van der Waals surface area contributed by atoms with E-state index in [4.69, 9.17) is 18.9 Å². The number of amides is 2. The Morgan fingerprint density at radius 3 is 2.46 bits per heavy atom. The number of ether oxygens (including phenoxy) is 4. The summed E-state index contributed by atoms with van der Waals surface area (Å²) in [6.45, 7) is 3.35. The number of fused-ring (bicyclic) bond motifs is 1. The van der Waals surface area contributed by atoms with Crippen molar-refractivity contribution in [3.63, 3.8) is 0 Å². The first-order valence-corrected chi connectivity index (χ1v) is 16.8. The number of imide groups is 1. The highest BCUT2D eigenvalue weighted by atomic mass is 16.5. The molecule has 11 heteroatoms. The average molecular weight is 637 g/mol. The molecule has 1 aromatic carbocycles. The summed E-state index contributed by atoms with van der Waals surface area (Å²) in [5, 5.41) is 12.3. The zero-order valence-corrected chi connectivity index (χ0v) is 27.0. The van der Waals surface area contributed by atoms with E-state index < -0.39 is 34.2 Å². The molecule has 2 amide bonds. The SMILES string of the molecule is CCN1CC2(COC(=O)c3ccccc3N3C(=O)CCC3=O)CCC(OC)C34C5CC6C(OC)CC(C(O)C(=O)C23)(C5C6OC)C14. The molecule has 8 rings (SSSR count). The summed E-state index contributed by atoms with van der Waals surface area (Å²) in [5.74, 6) is -1.86. The topological polar surface area (TPSA) is 132 Å². The fourth-order valence-electron chi connectivity index (χ4n) is 12.6. The Hall–Kier alpha value is -2.70. The van der Waals surface area contributed by atoms with Crippen molar-refractivity contribution in [3.8, 4) is 0 Å². The fourth-order valence-corrected chi connectivity index (χ4v) is 12.6. The summed E-state index contributed by atoms with van der Waals surface area (Å²) in [5.41, 5.74) is -1.69. The zero-order chi connectivity index (χ0) is 32.3. The molecule has 11 nitrogen and oxygen atoms in total. The van der Waals surface area contributed by atoms with Crippen molar-refractivity contribution in [3.05, 3.63) is 29.8 Å². The first-order chi connectivity index (χ1) is 22.2. The number of aliphatic hydroxyl groups excluding tert-OH is 1. The smallest absolute Gasteiger partial charge is 0.340 e. The van der Waals surface area contributed by atoms with Gasteiger partial charge in [-0.25, -0.2) is 9.69 Å². The predicted molar refractivity (Wildman–Crippen MR) is 163 cm³/mol. The zero-order valence-electron chi connectivity index (χ0n) is 27.0. The van der Waals surface area contributed by atoms with E-state index >= 15 is 0 Å². The lowest BCUT2D eigenvalue weighted by molar-refractivity contribution is -0.272. The van der Waals surface area contributed by atoms with Gasteiger partial charge in [-0.05, 0) is 56.2 Å². The predicted octanol–water partition coefficient (Wildman–Crippen LogP) is 2.23. The van der Waals surface area contributed by atoms with Crippen LogP contribution in [-0.2, 0) is 33.3 Å². The number of para-hydroxylation sites is 1. The van der Waals surface area contributed by atoms with Crippen molar-refractivity contribution < 1.29 is 43.2 Å². The van der Waals surface area contributed by atoms with E-state index in [1.165, 1.54) is 0 Å². The second-order valence-corrected chi connectivity index (χ2v) is 14.9.